The summed E-state index contributed by atoms with van der Waals surface area (Å²) < 4.78 is 1.68. The maximum atomic E-state index is 11.7. The minimum absolute atomic E-state index is 0.0166. The molecule has 3 rings (SSSR count). The summed E-state index contributed by atoms with van der Waals surface area (Å²) in [5.74, 6) is 0.669. The van der Waals surface area contributed by atoms with E-state index < -0.39 is 0 Å². The monoisotopic (exact) mass is 254 g/mol. The fourth-order valence-electron chi connectivity index (χ4n) is 2.15. The van der Waals surface area contributed by atoms with Crippen molar-refractivity contribution in [3.63, 3.8) is 0 Å². The molecule has 1 N–H and O–H groups in total. The first-order valence-electron chi connectivity index (χ1n) is 6.28. The van der Waals surface area contributed by atoms with Crippen molar-refractivity contribution < 1.29 is 0 Å². The number of hydrogen-bond donors (Lipinski definition) is 1. The van der Waals surface area contributed by atoms with Gasteiger partial charge in [-0.15, -0.1) is 0 Å². The minimum atomic E-state index is -0.0166. The molecular weight excluding hydrogens is 240 g/mol. The van der Waals surface area contributed by atoms with E-state index in [1.807, 2.05) is 30.3 Å². The number of para-hydroxylation sites is 1. The topological polar surface area (TPSA) is 59.3 Å². The third kappa shape index (κ3) is 2.40. The summed E-state index contributed by atoms with van der Waals surface area (Å²) in [6.45, 7) is 0.715. The Morgan fingerprint density at radius 3 is 2.89 bits per heavy atom. The van der Waals surface area contributed by atoms with Gasteiger partial charge in [0, 0.05) is 18.8 Å². The summed E-state index contributed by atoms with van der Waals surface area (Å²) in [5.41, 5.74) is 4.74. The number of nitrogens with zero attached hydrogens (tertiary/aromatic N) is 3. The molecule has 0 bridgehead atoms. The molecule has 2 heterocycles. The molecule has 0 spiro atoms. The van der Waals surface area contributed by atoms with Crippen LogP contribution < -0.4 is 11.0 Å². The predicted octanol–water partition coefficient (Wildman–Crippen LogP) is 1.85. The summed E-state index contributed by atoms with van der Waals surface area (Å²) in [7, 11) is 0. The van der Waals surface area contributed by atoms with Crippen molar-refractivity contribution in [3.05, 3.63) is 58.8 Å². The van der Waals surface area contributed by atoms with Crippen LogP contribution in [0.1, 0.15) is 18.7 Å². The van der Waals surface area contributed by atoms with Crippen LogP contribution in [0.15, 0.2) is 52.5 Å². The van der Waals surface area contributed by atoms with Crippen LogP contribution in [0.3, 0.4) is 0 Å². The first-order valence-corrected chi connectivity index (χ1v) is 6.28. The average Bonchev–Trinajstić information content (AvgIpc) is 2.47. The molecule has 1 aliphatic heterocycles. The van der Waals surface area contributed by atoms with E-state index in [9.17, 15) is 4.79 Å². The molecule has 0 atom stereocenters. The van der Waals surface area contributed by atoms with Crippen molar-refractivity contribution in [1.29, 1.82) is 0 Å². The fourth-order valence-corrected chi connectivity index (χ4v) is 2.15. The molecule has 1 aromatic carbocycles. The van der Waals surface area contributed by atoms with Gasteiger partial charge in [-0.1, -0.05) is 18.2 Å². The van der Waals surface area contributed by atoms with Gasteiger partial charge in [-0.2, -0.15) is 5.10 Å². The van der Waals surface area contributed by atoms with Gasteiger partial charge in [-0.05, 0) is 25.0 Å². The zero-order chi connectivity index (χ0) is 13.1. The molecule has 19 heavy (non-hydrogen) atoms. The van der Waals surface area contributed by atoms with Gasteiger partial charge in [0.2, 0.25) is 0 Å². The second-order valence-electron chi connectivity index (χ2n) is 4.40. The molecule has 0 saturated carbocycles. The number of fused-ring (bicyclic) bond motifs is 1. The number of benzene rings is 1. The molecule has 5 heteroatoms. The Kier molecular flexibility index (Phi) is 3.10. The van der Waals surface area contributed by atoms with Crippen LogP contribution in [-0.2, 0) is 6.54 Å². The zero-order valence-electron chi connectivity index (χ0n) is 10.4. The molecule has 0 saturated heterocycles. The van der Waals surface area contributed by atoms with Gasteiger partial charge in [0.05, 0.1) is 5.69 Å². The van der Waals surface area contributed by atoms with Crippen LogP contribution in [0.4, 0.5) is 5.69 Å². The summed E-state index contributed by atoms with van der Waals surface area (Å²) in [5, 5.41) is 4.38. The van der Waals surface area contributed by atoms with Crippen LogP contribution >= 0.6 is 0 Å². The number of nitrogens with one attached hydrogen (secondary N) is 1. The first kappa shape index (κ1) is 11.6. The third-order valence-corrected chi connectivity index (χ3v) is 3.08. The van der Waals surface area contributed by atoms with Crippen molar-refractivity contribution >= 4 is 11.4 Å². The number of hydrogen-bond acceptors (Lipinski definition) is 4. The van der Waals surface area contributed by atoms with E-state index >= 15 is 0 Å². The van der Waals surface area contributed by atoms with E-state index in [0.717, 1.165) is 24.2 Å². The number of aromatic nitrogens is 2. The highest BCUT2D eigenvalue weighted by molar-refractivity contribution is 5.98. The summed E-state index contributed by atoms with van der Waals surface area (Å²) in [6.07, 6.45) is 3.28. The minimum Gasteiger partial charge on any atom is -0.292 e. The van der Waals surface area contributed by atoms with Gasteiger partial charge in [-0.3, -0.25) is 14.8 Å². The Hall–Kier alpha value is -2.43. The Morgan fingerprint density at radius 2 is 2.05 bits per heavy atom. The maximum absolute atomic E-state index is 11.7. The standard InChI is InChI=1S/C14H14N4O/c19-13-8-9-15-14-12(7-4-10-18(13)14)17-16-11-5-2-1-3-6-11/h1-3,5-6,8-9,16H,4,7,10H2. The van der Waals surface area contributed by atoms with Gasteiger partial charge < -0.3 is 0 Å². The van der Waals surface area contributed by atoms with Crippen LogP contribution in [0, 0.1) is 0 Å². The van der Waals surface area contributed by atoms with Crippen molar-refractivity contribution in [2.45, 2.75) is 19.4 Å². The van der Waals surface area contributed by atoms with Gasteiger partial charge in [0.15, 0.2) is 5.82 Å². The van der Waals surface area contributed by atoms with E-state index in [1.54, 1.807) is 4.57 Å². The highest BCUT2D eigenvalue weighted by Crippen LogP contribution is 2.12. The smallest absolute Gasteiger partial charge is 0.253 e. The zero-order valence-corrected chi connectivity index (χ0v) is 10.4. The second-order valence-corrected chi connectivity index (χ2v) is 4.40. The molecule has 0 amide bonds. The SMILES string of the molecule is O=c1ccnc2n1CCCC2=NNc1ccccc1. The van der Waals surface area contributed by atoms with Crippen LogP contribution in [0.25, 0.3) is 0 Å². The number of anilines is 1. The Labute approximate surface area is 110 Å². The molecular formula is C14H14N4O. The van der Waals surface area contributed by atoms with Crippen molar-refractivity contribution in [3.8, 4) is 0 Å². The molecule has 1 aromatic heterocycles. The summed E-state index contributed by atoms with van der Waals surface area (Å²) >= 11 is 0. The van der Waals surface area contributed by atoms with Crippen molar-refractivity contribution in [1.82, 2.24) is 9.55 Å². The Morgan fingerprint density at radius 1 is 1.21 bits per heavy atom. The van der Waals surface area contributed by atoms with E-state index in [-0.39, 0.29) is 5.56 Å². The van der Waals surface area contributed by atoms with Crippen LogP contribution in [0.5, 0.6) is 0 Å². The van der Waals surface area contributed by atoms with E-state index in [0.29, 0.717) is 12.4 Å². The largest absolute Gasteiger partial charge is 0.292 e. The molecule has 0 unspecified atom stereocenters. The molecule has 0 radical (unpaired) electrons. The van der Waals surface area contributed by atoms with Crippen LogP contribution in [-0.4, -0.2) is 15.3 Å². The van der Waals surface area contributed by atoms with E-state index in [2.05, 4.69) is 15.5 Å². The van der Waals surface area contributed by atoms with Gasteiger partial charge >= 0.3 is 0 Å². The van der Waals surface area contributed by atoms with Crippen molar-refractivity contribution in [2.24, 2.45) is 5.10 Å². The molecule has 2 aromatic rings. The van der Waals surface area contributed by atoms with Crippen molar-refractivity contribution in [2.75, 3.05) is 5.43 Å². The van der Waals surface area contributed by atoms with Gasteiger partial charge in [0.1, 0.15) is 5.71 Å². The highest BCUT2D eigenvalue weighted by atomic mass is 16.1. The summed E-state index contributed by atoms with van der Waals surface area (Å²) in [4.78, 5) is 16.0. The quantitative estimate of drug-likeness (QED) is 0.832. The first-order chi connectivity index (χ1) is 9.34. The summed E-state index contributed by atoms with van der Waals surface area (Å²) in [6, 6.07) is 11.2. The van der Waals surface area contributed by atoms with Crippen LogP contribution in [0.2, 0.25) is 0 Å². The number of rotatable bonds is 2. The Balaban J connectivity index is 1.92. The molecule has 0 fully saturated rings. The molecule has 1 aliphatic rings. The van der Waals surface area contributed by atoms with Gasteiger partial charge in [0.25, 0.3) is 5.56 Å². The third-order valence-electron chi connectivity index (χ3n) is 3.08. The lowest BCUT2D eigenvalue weighted by Gasteiger charge is -2.18. The predicted molar refractivity (Wildman–Crippen MR) is 74.3 cm³/mol. The lowest BCUT2D eigenvalue weighted by atomic mass is 10.1. The molecule has 0 aliphatic carbocycles. The normalized spacial score (nSPS) is 16.1. The Bertz CT molecular complexity index is 661. The fraction of sp³-hybridized carbons (Fsp3) is 0.214. The maximum Gasteiger partial charge on any atom is 0.253 e. The molecule has 96 valence electrons. The lowest BCUT2D eigenvalue weighted by molar-refractivity contribution is 0.590. The average molecular weight is 254 g/mol. The molecule has 5 nitrogen and oxygen atoms in total. The second kappa shape index (κ2) is 5.06. The highest BCUT2D eigenvalue weighted by Gasteiger charge is 2.17. The van der Waals surface area contributed by atoms with Gasteiger partial charge in [-0.25, -0.2) is 4.98 Å². The van der Waals surface area contributed by atoms with E-state index in [1.165, 1.54) is 12.3 Å². The van der Waals surface area contributed by atoms with E-state index in [4.69, 9.17) is 0 Å². The lowest BCUT2D eigenvalue weighted by Crippen LogP contribution is -2.31. The number of hydrazone groups is 1.